The van der Waals surface area contributed by atoms with Crippen LogP contribution in [-0.2, 0) is 0 Å². The van der Waals surface area contributed by atoms with Crippen LogP contribution in [-0.4, -0.2) is 0 Å². The third-order valence-corrected chi connectivity index (χ3v) is 5.02. The molecular formula is C22H17BrN4O. The predicted molar refractivity (Wildman–Crippen MR) is 114 cm³/mol. The first-order chi connectivity index (χ1) is 13.4. The number of hydrogen-bond acceptors (Lipinski definition) is 5. The highest BCUT2D eigenvalue weighted by molar-refractivity contribution is 9.10. The van der Waals surface area contributed by atoms with E-state index in [2.05, 4.69) is 33.4 Å². The van der Waals surface area contributed by atoms with E-state index in [0.29, 0.717) is 32.8 Å². The largest absolute Gasteiger partial charge is 0.455 e. The second-order valence-corrected chi connectivity index (χ2v) is 7.14. The van der Waals surface area contributed by atoms with Gasteiger partial charge in [0.05, 0.1) is 33.4 Å². The number of halogens is 1. The van der Waals surface area contributed by atoms with Gasteiger partial charge in [-0.2, -0.15) is 10.5 Å². The highest BCUT2D eigenvalue weighted by Crippen LogP contribution is 2.39. The number of rotatable bonds is 4. The number of nitrogens with zero attached hydrogens (tertiary/aromatic N) is 2. The van der Waals surface area contributed by atoms with E-state index in [9.17, 15) is 0 Å². The zero-order valence-corrected chi connectivity index (χ0v) is 17.0. The number of anilines is 3. The second-order valence-electron chi connectivity index (χ2n) is 6.34. The van der Waals surface area contributed by atoms with Gasteiger partial charge in [0.2, 0.25) is 0 Å². The minimum absolute atomic E-state index is 0.526. The molecule has 0 amide bonds. The lowest BCUT2D eigenvalue weighted by molar-refractivity contribution is 0.472. The quantitative estimate of drug-likeness (QED) is 0.498. The molecule has 0 saturated carbocycles. The van der Waals surface area contributed by atoms with Gasteiger partial charge in [-0.1, -0.05) is 0 Å². The van der Waals surface area contributed by atoms with Crippen LogP contribution in [0.3, 0.4) is 0 Å². The molecule has 138 valence electrons. The van der Waals surface area contributed by atoms with Crippen LogP contribution < -0.4 is 15.8 Å². The molecule has 0 saturated heterocycles. The molecule has 0 unspecified atom stereocenters. The number of hydrogen-bond donors (Lipinski definition) is 2. The minimum Gasteiger partial charge on any atom is -0.455 e. The summed E-state index contributed by atoms with van der Waals surface area (Å²) in [5.41, 5.74) is 11.2. The molecule has 0 atom stereocenters. The molecule has 3 rings (SSSR count). The van der Waals surface area contributed by atoms with Crippen molar-refractivity contribution in [1.29, 1.82) is 10.5 Å². The summed E-state index contributed by atoms with van der Waals surface area (Å²) in [7, 11) is 0. The first kappa shape index (κ1) is 19.3. The summed E-state index contributed by atoms with van der Waals surface area (Å²) in [6.07, 6.45) is 0. The fourth-order valence-corrected chi connectivity index (χ4v) is 3.16. The van der Waals surface area contributed by atoms with Gasteiger partial charge in [-0.3, -0.25) is 0 Å². The Labute approximate surface area is 172 Å². The number of ether oxygens (including phenoxy) is 1. The number of nitriles is 2. The van der Waals surface area contributed by atoms with Gasteiger partial charge in [0.1, 0.15) is 11.5 Å². The van der Waals surface area contributed by atoms with Crippen LogP contribution in [0.5, 0.6) is 11.5 Å². The molecule has 0 heterocycles. The molecule has 0 fully saturated rings. The normalized spacial score (nSPS) is 10.0. The van der Waals surface area contributed by atoms with Crippen LogP contribution in [0.15, 0.2) is 53.0 Å². The summed E-state index contributed by atoms with van der Waals surface area (Å²) >= 11 is 3.49. The van der Waals surface area contributed by atoms with E-state index in [-0.39, 0.29) is 0 Å². The third-order valence-electron chi connectivity index (χ3n) is 4.17. The Kier molecular flexibility index (Phi) is 5.54. The van der Waals surface area contributed by atoms with E-state index in [1.54, 1.807) is 30.3 Å². The van der Waals surface area contributed by atoms with Crippen molar-refractivity contribution < 1.29 is 4.74 Å². The molecule has 0 aliphatic rings. The predicted octanol–water partition coefficient (Wildman–Crippen LogP) is 5.93. The Morgan fingerprint density at radius 3 is 2.07 bits per heavy atom. The number of benzene rings is 3. The van der Waals surface area contributed by atoms with Gasteiger partial charge < -0.3 is 15.8 Å². The Bertz CT molecular complexity index is 1100. The van der Waals surface area contributed by atoms with E-state index >= 15 is 0 Å². The lowest BCUT2D eigenvalue weighted by atomic mass is 10.1. The standard InChI is InChI=1S/C22H17BrN4O/c1-13-7-16(12-25)8-14(2)22(13)28-20-10-18(9-19(26)21(20)23)27-17-5-3-15(11-24)4-6-17/h3-10,27H,26H2,1-2H3. The molecule has 28 heavy (non-hydrogen) atoms. The zero-order valence-electron chi connectivity index (χ0n) is 15.4. The fourth-order valence-electron chi connectivity index (χ4n) is 2.85. The summed E-state index contributed by atoms with van der Waals surface area (Å²) in [6, 6.07) is 18.6. The van der Waals surface area contributed by atoms with Crippen molar-refractivity contribution in [2.24, 2.45) is 0 Å². The molecule has 6 heteroatoms. The molecule has 0 radical (unpaired) electrons. The lowest BCUT2D eigenvalue weighted by Gasteiger charge is -2.16. The Hall–Kier alpha value is -3.48. The topological polar surface area (TPSA) is 94.9 Å². The second kappa shape index (κ2) is 8.04. The maximum absolute atomic E-state index is 9.12. The third kappa shape index (κ3) is 4.09. The summed E-state index contributed by atoms with van der Waals surface area (Å²) in [4.78, 5) is 0. The van der Waals surface area contributed by atoms with Crippen LogP contribution in [0.2, 0.25) is 0 Å². The zero-order chi connectivity index (χ0) is 20.3. The van der Waals surface area contributed by atoms with E-state index in [4.69, 9.17) is 21.0 Å². The fraction of sp³-hybridized carbons (Fsp3) is 0.0909. The van der Waals surface area contributed by atoms with Gasteiger partial charge in [0.15, 0.2) is 0 Å². The summed E-state index contributed by atoms with van der Waals surface area (Å²) in [5.74, 6) is 1.25. The number of aryl methyl sites for hydroxylation is 2. The van der Waals surface area contributed by atoms with Crippen LogP contribution in [0, 0.1) is 36.5 Å². The first-order valence-electron chi connectivity index (χ1n) is 8.46. The average molecular weight is 433 g/mol. The highest BCUT2D eigenvalue weighted by Gasteiger charge is 2.13. The monoisotopic (exact) mass is 432 g/mol. The van der Waals surface area contributed by atoms with Crippen molar-refractivity contribution in [3.63, 3.8) is 0 Å². The number of nitrogens with two attached hydrogens (primary N) is 1. The number of nitrogens with one attached hydrogen (secondary N) is 1. The van der Waals surface area contributed by atoms with Crippen molar-refractivity contribution in [2.75, 3.05) is 11.1 Å². The van der Waals surface area contributed by atoms with Crippen LogP contribution >= 0.6 is 15.9 Å². The first-order valence-corrected chi connectivity index (χ1v) is 9.26. The number of nitrogen functional groups attached to an aromatic ring is 1. The van der Waals surface area contributed by atoms with Gasteiger partial charge in [0, 0.05) is 17.4 Å². The van der Waals surface area contributed by atoms with E-state index in [1.807, 2.05) is 32.0 Å². The summed E-state index contributed by atoms with van der Waals surface area (Å²) in [5, 5.41) is 21.3. The van der Waals surface area contributed by atoms with Gasteiger partial charge in [0.25, 0.3) is 0 Å². The molecule has 0 aromatic heterocycles. The van der Waals surface area contributed by atoms with Crippen LogP contribution in [0.1, 0.15) is 22.3 Å². The Balaban J connectivity index is 1.94. The average Bonchev–Trinajstić information content (AvgIpc) is 2.68. The molecule has 0 aliphatic heterocycles. The molecule has 3 N–H and O–H groups in total. The van der Waals surface area contributed by atoms with E-state index in [1.165, 1.54) is 0 Å². The smallest absolute Gasteiger partial charge is 0.145 e. The summed E-state index contributed by atoms with van der Waals surface area (Å²) in [6.45, 7) is 3.80. The van der Waals surface area contributed by atoms with Crippen molar-refractivity contribution in [3.8, 4) is 23.6 Å². The molecule has 0 spiro atoms. The summed E-state index contributed by atoms with van der Waals surface area (Å²) < 4.78 is 6.80. The molecule has 3 aromatic carbocycles. The van der Waals surface area contributed by atoms with Gasteiger partial charge in [-0.05, 0) is 83.4 Å². The molecule has 5 nitrogen and oxygen atoms in total. The van der Waals surface area contributed by atoms with Crippen molar-refractivity contribution in [1.82, 2.24) is 0 Å². The van der Waals surface area contributed by atoms with Gasteiger partial charge in [-0.25, -0.2) is 0 Å². The SMILES string of the molecule is Cc1cc(C#N)cc(C)c1Oc1cc(Nc2ccc(C#N)cc2)cc(N)c1Br. The maximum Gasteiger partial charge on any atom is 0.145 e. The van der Waals surface area contributed by atoms with Crippen LogP contribution in [0.4, 0.5) is 17.1 Å². The molecular weight excluding hydrogens is 416 g/mol. The van der Waals surface area contributed by atoms with Crippen molar-refractivity contribution in [3.05, 3.63) is 75.3 Å². The van der Waals surface area contributed by atoms with Crippen LogP contribution in [0.25, 0.3) is 0 Å². The van der Waals surface area contributed by atoms with Crippen molar-refractivity contribution >= 4 is 33.0 Å². The lowest BCUT2D eigenvalue weighted by Crippen LogP contribution is -1.98. The molecule has 0 aliphatic carbocycles. The highest BCUT2D eigenvalue weighted by atomic mass is 79.9. The maximum atomic E-state index is 9.12. The van der Waals surface area contributed by atoms with Crippen molar-refractivity contribution in [2.45, 2.75) is 13.8 Å². The Morgan fingerprint density at radius 1 is 0.893 bits per heavy atom. The van der Waals surface area contributed by atoms with Gasteiger partial charge in [-0.15, -0.1) is 0 Å². The minimum atomic E-state index is 0.526. The van der Waals surface area contributed by atoms with Gasteiger partial charge >= 0.3 is 0 Å². The van der Waals surface area contributed by atoms with E-state index in [0.717, 1.165) is 22.5 Å². The molecule has 3 aromatic rings. The molecule has 0 bridgehead atoms. The Morgan fingerprint density at radius 2 is 1.50 bits per heavy atom. The van der Waals surface area contributed by atoms with E-state index < -0.39 is 0 Å².